The number of hydrogen-bond acceptors (Lipinski definition) is 5. The molecule has 0 saturated carbocycles. The van der Waals surface area contributed by atoms with Gasteiger partial charge in [-0.25, -0.2) is 8.42 Å². The van der Waals surface area contributed by atoms with Gasteiger partial charge in [0.1, 0.15) is 0 Å². The molecule has 0 bridgehead atoms. The Bertz CT molecular complexity index is 596. The third-order valence-electron chi connectivity index (χ3n) is 3.27. The van der Waals surface area contributed by atoms with Crippen LogP contribution in [0.3, 0.4) is 0 Å². The van der Waals surface area contributed by atoms with Crippen molar-refractivity contribution in [2.45, 2.75) is 0 Å². The second kappa shape index (κ2) is 7.85. The molecule has 0 radical (unpaired) electrons. The fraction of sp³-hybridized carbons (Fsp3) is 0.500. The van der Waals surface area contributed by atoms with Crippen LogP contribution in [0.15, 0.2) is 24.3 Å². The van der Waals surface area contributed by atoms with Gasteiger partial charge in [-0.3, -0.25) is 14.4 Å². The molecular formula is C14H21N3O3S2. The Labute approximate surface area is 135 Å². The molecule has 1 saturated heterocycles. The first-order valence-electron chi connectivity index (χ1n) is 7.10. The highest BCUT2D eigenvalue weighted by atomic mass is 32.2. The summed E-state index contributed by atoms with van der Waals surface area (Å²) in [6.07, 6.45) is 1.09. The van der Waals surface area contributed by atoms with Crippen LogP contribution < -0.4 is 10.0 Å². The molecule has 2 N–H and O–H groups in total. The molecule has 0 aromatic heterocycles. The highest BCUT2D eigenvalue weighted by Crippen LogP contribution is 2.11. The molecule has 0 aliphatic carbocycles. The number of benzene rings is 1. The van der Waals surface area contributed by atoms with Gasteiger partial charge in [0.25, 0.3) is 5.91 Å². The first-order chi connectivity index (χ1) is 10.4. The summed E-state index contributed by atoms with van der Waals surface area (Å²) in [7, 11) is -3.29. The first-order valence-corrected chi connectivity index (χ1v) is 10.1. The van der Waals surface area contributed by atoms with Crippen molar-refractivity contribution in [2.24, 2.45) is 0 Å². The lowest BCUT2D eigenvalue weighted by Gasteiger charge is -2.25. The second-order valence-electron chi connectivity index (χ2n) is 5.16. The molecule has 122 valence electrons. The quantitative estimate of drug-likeness (QED) is 0.800. The lowest BCUT2D eigenvalue weighted by molar-refractivity contribution is 0.0949. The van der Waals surface area contributed by atoms with Crippen molar-refractivity contribution in [3.05, 3.63) is 29.8 Å². The van der Waals surface area contributed by atoms with Crippen LogP contribution in [0.2, 0.25) is 0 Å². The Morgan fingerprint density at radius 2 is 1.86 bits per heavy atom. The van der Waals surface area contributed by atoms with E-state index >= 15 is 0 Å². The molecule has 1 aliphatic heterocycles. The van der Waals surface area contributed by atoms with E-state index < -0.39 is 10.0 Å². The zero-order valence-corrected chi connectivity index (χ0v) is 14.2. The molecule has 0 atom stereocenters. The first kappa shape index (κ1) is 17.1. The number of thioether (sulfide) groups is 1. The number of amides is 1. The lowest BCUT2D eigenvalue weighted by Crippen LogP contribution is -2.39. The van der Waals surface area contributed by atoms with Crippen LogP contribution in [-0.2, 0) is 10.0 Å². The van der Waals surface area contributed by atoms with Gasteiger partial charge in [-0.1, -0.05) is 0 Å². The van der Waals surface area contributed by atoms with Crippen LogP contribution in [0.4, 0.5) is 5.69 Å². The summed E-state index contributed by atoms with van der Waals surface area (Å²) in [5, 5.41) is 2.89. The molecule has 6 nitrogen and oxygen atoms in total. The van der Waals surface area contributed by atoms with Gasteiger partial charge < -0.3 is 5.32 Å². The zero-order valence-electron chi connectivity index (χ0n) is 12.5. The predicted molar refractivity (Wildman–Crippen MR) is 91.0 cm³/mol. The van der Waals surface area contributed by atoms with Crippen molar-refractivity contribution in [2.75, 3.05) is 48.7 Å². The number of carbonyl (C=O) groups is 1. The van der Waals surface area contributed by atoms with Crippen molar-refractivity contribution < 1.29 is 13.2 Å². The van der Waals surface area contributed by atoms with Gasteiger partial charge in [0.15, 0.2) is 0 Å². The van der Waals surface area contributed by atoms with E-state index in [0.29, 0.717) is 17.8 Å². The van der Waals surface area contributed by atoms with E-state index in [-0.39, 0.29) is 5.91 Å². The molecule has 0 unspecified atom stereocenters. The van der Waals surface area contributed by atoms with Crippen molar-refractivity contribution in [3.63, 3.8) is 0 Å². The summed E-state index contributed by atoms with van der Waals surface area (Å²) < 4.78 is 24.6. The molecule has 2 rings (SSSR count). The topological polar surface area (TPSA) is 78.5 Å². The van der Waals surface area contributed by atoms with Crippen molar-refractivity contribution in [1.82, 2.24) is 10.2 Å². The summed E-state index contributed by atoms with van der Waals surface area (Å²) in [5.41, 5.74) is 0.970. The minimum absolute atomic E-state index is 0.141. The minimum atomic E-state index is -3.29. The van der Waals surface area contributed by atoms with E-state index in [1.165, 1.54) is 0 Å². The highest BCUT2D eigenvalue weighted by molar-refractivity contribution is 7.99. The van der Waals surface area contributed by atoms with E-state index in [2.05, 4.69) is 14.9 Å². The molecule has 1 aliphatic rings. The van der Waals surface area contributed by atoms with E-state index in [9.17, 15) is 13.2 Å². The van der Waals surface area contributed by atoms with Crippen molar-refractivity contribution in [1.29, 1.82) is 0 Å². The van der Waals surface area contributed by atoms with Crippen molar-refractivity contribution in [3.8, 4) is 0 Å². The fourth-order valence-electron chi connectivity index (χ4n) is 2.16. The van der Waals surface area contributed by atoms with Crippen LogP contribution in [-0.4, -0.2) is 63.2 Å². The third-order valence-corrected chi connectivity index (χ3v) is 4.82. The summed E-state index contributed by atoms with van der Waals surface area (Å²) in [6, 6.07) is 6.39. The van der Waals surface area contributed by atoms with Crippen LogP contribution in [0.1, 0.15) is 10.4 Å². The van der Waals surface area contributed by atoms with Gasteiger partial charge in [-0.2, -0.15) is 11.8 Å². The fourth-order valence-corrected chi connectivity index (χ4v) is 3.70. The van der Waals surface area contributed by atoms with E-state index in [0.717, 1.165) is 37.4 Å². The number of hydrogen-bond donors (Lipinski definition) is 2. The van der Waals surface area contributed by atoms with Crippen LogP contribution in [0, 0.1) is 0 Å². The summed E-state index contributed by atoms with van der Waals surface area (Å²) in [5.74, 6) is 2.17. The largest absolute Gasteiger partial charge is 0.351 e. The van der Waals surface area contributed by atoms with Gasteiger partial charge >= 0.3 is 0 Å². The molecule has 1 heterocycles. The van der Waals surface area contributed by atoms with Gasteiger partial charge in [0, 0.05) is 48.9 Å². The van der Waals surface area contributed by atoms with Crippen LogP contribution >= 0.6 is 11.8 Å². The lowest BCUT2D eigenvalue weighted by atomic mass is 10.2. The number of nitrogens with zero attached hydrogens (tertiary/aromatic N) is 1. The van der Waals surface area contributed by atoms with Crippen LogP contribution in [0.25, 0.3) is 0 Å². The third kappa shape index (κ3) is 5.86. The highest BCUT2D eigenvalue weighted by Gasteiger charge is 2.11. The molecule has 8 heteroatoms. The number of rotatable bonds is 6. The molecule has 0 spiro atoms. The monoisotopic (exact) mass is 343 g/mol. The Hall–Kier alpha value is -1.25. The van der Waals surface area contributed by atoms with Gasteiger partial charge in [0.2, 0.25) is 10.0 Å². The average Bonchev–Trinajstić information content (AvgIpc) is 2.47. The van der Waals surface area contributed by atoms with Crippen molar-refractivity contribution >= 4 is 33.4 Å². The average molecular weight is 343 g/mol. The number of nitrogens with one attached hydrogen (secondary N) is 2. The maximum atomic E-state index is 12.0. The smallest absolute Gasteiger partial charge is 0.251 e. The number of sulfonamides is 1. The summed E-state index contributed by atoms with van der Waals surface area (Å²) in [4.78, 5) is 14.4. The maximum Gasteiger partial charge on any atom is 0.251 e. The molecule has 1 fully saturated rings. The van der Waals surface area contributed by atoms with E-state index in [1.54, 1.807) is 24.3 Å². The van der Waals surface area contributed by atoms with Gasteiger partial charge in [-0.05, 0) is 24.3 Å². The van der Waals surface area contributed by atoms with Gasteiger partial charge in [-0.15, -0.1) is 0 Å². The predicted octanol–water partition coefficient (Wildman–Crippen LogP) is 0.837. The molecule has 1 aromatic rings. The maximum absolute atomic E-state index is 12.0. The Morgan fingerprint density at radius 3 is 2.45 bits per heavy atom. The zero-order chi connectivity index (χ0) is 16.0. The number of anilines is 1. The normalized spacial score (nSPS) is 16.2. The summed E-state index contributed by atoms with van der Waals surface area (Å²) in [6.45, 7) is 3.63. The van der Waals surface area contributed by atoms with E-state index in [1.807, 2.05) is 11.8 Å². The number of carbonyl (C=O) groups excluding carboxylic acids is 1. The van der Waals surface area contributed by atoms with E-state index in [4.69, 9.17) is 0 Å². The second-order valence-corrected chi connectivity index (χ2v) is 8.13. The molecule has 1 aromatic carbocycles. The summed E-state index contributed by atoms with van der Waals surface area (Å²) >= 11 is 1.96. The Kier molecular flexibility index (Phi) is 6.10. The SMILES string of the molecule is CS(=O)(=O)Nc1ccc(C(=O)NCCN2CCSCC2)cc1. The minimum Gasteiger partial charge on any atom is -0.351 e. The molecule has 1 amide bonds. The molecular weight excluding hydrogens is 322 g/mol. The van der Waals surface area contributed by atoms with Crippen LogP contribution in [0.5, 0.6) is 0 Å². The standard InChI is InChI=1S/C14H21N3O3S2/c1-22(19,20)16-13-4-2-12(3-5-13)14(18)15-6-7-17-8-10-21-11-9-17/h2-5,16H,6-11H2,1H3,(H,15,18). The molecule has 22 heavy (non-hydrogen) atoms. The Balaban J connectivity index is 1.79. The van der Waals surface area contributed by atoms with Gasteiger partial charge in [0.05, 0.1) is 6.26 Å². The Morgan fingerprint density at radius 1 is 1.23 bits per heavy atom.